The molecule has 1 atom stereocenters. The molecule has 1 aromatic carbocycles. The summed E-state index contributed by atoms with van der Waals surface area (Å²) < 4.78 is 14.1. The number of halogens is 3. The van der Waals surface area contributed by atoms with Gasteiger partial charge in [-0.05, 0) is 28.1 Å². The van der Waals surface area contributed by atoms with Crippen molar-refractivity contribution in [1.29, 1.82) is 0 Å². The molecule has 2 nitrogen and oxygen atoms in total. The fourth-order valence-electron chi connectivity index (χ4n) is 1.25. The van der Waals surface area contributed by atoms with Crippen LogP contribution in [-0.2, 0) is 0 Å². The van der Waals surface area contributed by atoms with Crippen LogP contribution < -0.4 is 0 Å². The predicted octanol–water partition coefficient (Wildman–Crippen LogP) is 3.89. The summed E-state index contributed by atoms with van der Waals surface area (Å²) in [6.07, 6.45) is -0.841. The molecule has 0 aliphatic carbocycles. The minimum atomic E-state index is -0.841. The summed E-state index contributed by atoms with van der Waals surface area (Å²) in [5.74, 6) is -0.344. The van der Waals surface area contributed by atoms with Crippen LogP contribution in [0.5, 0.6) is 0 Å². The van der Waals surface area contributed by atoms with E-state index in [1.165, 1.54) is 23.5 Å². The van der Waals surface area contributed by atoms with Crippen molar-refractivity contribution in [2.75, 3.05) is 0 Å². The molecule has 6 heteroatoms. The lowest BCUT2D eigenvalue weighted by atomic mass is 10.1. The highest BCUT2D eigenvalue weighted by molar-refractivity contribution is 9.10. The molecule has 2 aromatic rings. The molecule has 0 fully saturated rings. The number of benzene rings is 1. The molecule has 1 unspecified atom stereocenters. The second-order valence-electron chi connectivity index (χ2n) is 3.08. The number of aliphatic hydroxyl groups excluding tert-OH is 1. The Balaban J connectivity index is 2.37. The zero-order chi connectivity index (χ0) is 11.7. The zero-order valence-electron chi connectivity index (χ0n) is 7.82. The van der Waals surface area contributed by atoms with Crippen LogP contribution in [0.2, 0.25) is 0 Å². The smallest absolute Gasteiger partial charge is 0.132 e. The topological polar surface area (TPSA) is 33.1 Å². The first-order valence-electron chi connectivity index (χ1n) is 4.32. The van der Waals surface area contributed by atoms with E-state index in [9.17, 15) is 9.50 Å². The number of hydrogen-bond acceptors (Lipinski definition) is 3. The molecule has 1 heterocycles. The van der Waals surface area contributed by atoms with Crippen molar-refractivity contribution >= 4 is 43.2 Å². The number of rotatable bonds is 2. The van der Waals surface area contributed by atoms with E-state index in [2.05, 4.69) is 36.8 Å². The number of thiazole rings is 1. The molecular formula is C10H6Br2FNOS. The van der Waals surface area contributed by atoms with Crippen LogP contribution in [0.1, 0.15) is 16.7 Å². The Hall–Kier alpha value is -0.300. The summed E-state index contributed by atoms with van der Waals surface area (Å²) in [6.45, 7) is 0. The van der Waals surface area contributed by atoms with Crippen molar-refractivity contribution in [3.05, 3.63) is 49.0 Å². The van der Waals surface area contributed by atoms with Crippen molar-refractivity contribution in [1.82, 2.24) is 4.98 Å². The van der Waals surface area contributed by atoms with E-state index in [0.29, 0.717) is 19.6 Å². The quantitative estimate of drug-likeness (QED) is 0.874. The van der Waals surface area contributed by atoms with E-state index < -0.39 is 6.10 Å². The van der Waals surface area contributed by atoms with Crippen LogP contribution in [0.3, 0.4) is 0 Å². The van der Waals surface area contributed by atoms with Gasteiger partial charge in [-0.1, -0.05) is 22.0 Å². The van der Waals surface area contributed by atoms with Crippen LogP contribution in [0.25, 0.3) is 0 Å². The molecule has 1 aromatic heterocycles. The molecule has 0 saturated carbocycles. The van der Waals surface area contributed by atoms with Crippen LogP contribution in [0.4, 0.5) is 4.39 Å². The van der Waals surface area contributed by atoms with Crippen LogP contribution >= 0.6 is 43.2 Å². The number of aromatic nitrogens is 1. The molecule has 16 heavy (non-hydrogen) atoms. The van der Waals surface area contributed by atoms with Crippen molar-refractivity contribution < 1.29 is 9.50 Å². The fourth-order valence-corrected chi connectivity index (χ4v) is 3.08. The van der Waals surface area contributed by atoms with Crippen LogP contribution in [0, 0.1) is 5.82 Å². The minimum Gasteiger partial charge on any atom is -0.381 e. The Kier molecular flexibility index (Phi) is 3.73. The predicted molar refractivity (Wildman–Crippen MR) is 68.0 cm³/mol. The van der Waals surface area contributed by atoms with Crippen LogP contribution in [-0.4, -0.2) is 10.1 Å². The summed E-state index contributed by atoms with van der Waals surface area (Å²) in [4.78, 5) is 4.12. The molecule has 0 spiro atoms. The highest BCUT2D eigenvalue weighted by Gasteiger charge is 2.17. The van der Waals surface area contributed by atoms with Crippen LogP contribution in [0.15, 0.2) is 32.7 Å². The Morgan fingerprint density at radius 3 is 2.69 bits per heavy atom. The average Bonchev–Trinajstić information content (AvgIpc) is 2.64. The first-order chi connectivity index (χ1) is 7.58. The SMILES string of the molecule is OC(c1nc(Br)cs1)c1ccc(F)cc1Br. The maximum absolute atomic E-state index is 12.9. The van der Waals surface area contributed by atoms with Gasteiger partial charge in [0.05, 0.1) is 0 Å². The Morgan fingerprint density at radius 1 is 1.38 bits per heavy atom. The lowest BCUT2D eigenvalue weighted by Crippen LogP contribution is -2.00. The van der Waals surface area contributed by atoms with E-state index in [-0.39, 0.29) is 5.82 Å². The largest absolute Gasteiger partial charge is 0.381 e. The molecule has 1 N–H and O–H groups in total. The highest BCUT2D eigenvalue weighted by Crippen LogP contribution is 2.31. The van der Waals surface area contributed by atoms with Gasteiger partial charge in [0, 0.05) is 15.4 Å². The van der Waals surface area contributed by atoms with E-state index in [1.807, 2.05) is 0 Å². The molecular weight excluding hydrogens is 361 g/mol. The summed E-state index contributed by atoms with van der Waals surface area (Å²) in [7, 11) is 0. The zero-order valence-corrected chi connectivity index (χ0v) is 11.8. The standard InChI is InChI=1S/C10H6Br2FNOS/c11-7-3-5(13)1-2-6(7)9(15)10-14-8(12)4-16-10/h1-4,9,15H. The normalized spacial score (nSPS) is 12.8. The van der Waals surface area contributed by atoms with Gasteiger partial charge < -0.3 is 5.11 Å². The first kappa shape index (κ1) is 12.2. The fraction of sp³-hybridized carbons (Fsp3) is 0.100. The maximum Gasteiger partial charge on any atom is 0.132 e. The van der Waals surface area contributed by atoms with Gasteiger partial charge in [-0.25, -0.2) is 9.37 Å². The van der Waals surface area contributed by atoms with E-state index in [0.717, 1.165) is 0 Å². The van der Waals surface area contributed by atoms with Gasteiger partial charge in [0.1, 0.15) is 21.5 Å². The van der Waals surface area contributed by atoms with Crippen molar-refractivity contribution in [2.24, 2.45) is 0 Å². The van der Waals surface area contributed by atoms with Gasteiger partial charge in [-0.2, -0.15) is 0 Å². The van der Waals surface area contributed by atoms with E-state index >= 15 is 0 Å². The monoisotopic (exact) mass is 365 g/mol. The van der Waals surface area contributed by atoms with Gasteiger partial charge in [0.15, 0.2) is 0 Å². The summed E-state index contributed by atoms with van der Waals surface area (Å²) >= 11 is 7.78. The minimum absolute atomic E-state index is 0.344. The number of aliphatic hydroxyl groups is 1. The maximum atomic E-state index is 12.9. The van der Waals surface area contributed by atoms with Crippen molar-refractivity contribution in [3.63, 3.8) is 0 Å². The van der Waals surface area contributed by atoms with Crippen molar-refractivity contribution in [3.8, 4) is 0 Å². The van der Waals surface area contributed by atoms with Gasteiger partial charge in [0.25, 0.3) is 0 Å². The second-order valence-corrected chi connectivity index (χ2v) is 5.63. The third-order valence-corrected chi connectivity index (χ3v) is 4.28. The second kappa shape index (κ2) is 4.91. The molecule has 0 radical (unpaired) electrons. The van der Waals surface area contributed by atoms with Gasteiger partial charge in [-0.3, -0.25) is 0 Å². The molecule has 84 valence electrons. The lowest BCUT2D eigenvalue weighted by molar-refractivity contribution is 0.218. The lowest BCUT2D eigenvalue weighted by Gasteiger charge is -2.09. The third kappa shape index (κ3) is 2.51. The Labute approximate surface area is 112 Å². The molecule has 0 aliphatic heterocycles. The highest BCUT2D eigenvalue weighted by atomic mass is 79.9. The van der Waals surface area contributed by atoms with Gasteiger partial charge >= 0.3 is 0 Å². The summed E-state index contributed by atoms with van der Waals surface area (Å²) in [5.41, 5.74) is 0.600. The number of hydrogen-bond donors (Lipinski definition) is 1. The average molecular weight is 367 g/mol. The molecule has 0 saturated heterocycles. The third-order valence-electron chi connectivity index (χ3n) is 1.98. The summed E-state index contributed by atoms with van der Waals surface area (Å²) in [5, 5.41) is 12.4. The summed E-state index contributed by atoms with van der Waals surface area (Å²) in [6, 6.07) is 4.17. The number of nitrogens with zero attached hydrogens (tertiary/aromatic N) is 1. The van der Waals surface area contributed by atoms with Gasteiger partial charge in [0.2, 0.25) is 0 Å². The molecule has 0 aliphatic rings. The van der Waals surface area contributed by atoms with Crippen molar-refractivity contribution in [2.45, 2.75) is 6.10 Å². The Bertz CT molecular complexity index is 517. The van der Waals surface area contributed by atoms with E-state index in [1.54, 1.807) is 11.4 Å². The first-order valence-corrected chi connectivity index (χ1v) is 6.78. The van der Waals surface area contributed by atoms with Gasteiger partial charge in [-0.15, -0.1) is 11.3 Å². The van der Waals surface area contributed by atoms with E-state index in [4.69, 9.17) is 0 Å². The molecule has 0 amide bonds. The molecule has 2 rings (SSSR count). The Morgan fingerprint density at radius 2 is 2.12 bits per heavy atom. The molecule has 0 bridgehead atoms.